The zero-order chi connectivity index (χ0) is 22.3. The van der Waals surface area contributed by atoms with Crippen molar-refractivity contribution in [2.24, 2.45) is 0 Å². The largest absolute Gasteiger partial charge is 0.457 e. The summed E-state index contributed by atoms with van der Waals surface area (Å²) in [5.74, 6) is -5.00. The average Bonchev–Trinajstić information content (AvgIpc) is 2.91. The molecule has 30 heavy (non-hydrogen) atoms. The number of aliphatic hydroxyl groups excluding tert-OH is 1. The highest BCUT2D eigenvalue weighted by Gasteiger charge is 2.51. The molecule has 5 nitrogen and oxygen atoms in total. The van der Waals surface area contributed by atoms with Gasteiger partial charge in [-0.3, -0.25) is 0 Å². The summed E-state index contributed by atoms with van der Waals surface area (Å²) in [5.41, 5.74) is -3.53. The fourth-order valence-corrected chi connectivity index (χ4v) is 4.67. The third-order valence-electron chi connectivity index (χ3n) is 4.58. The molecule has 0 aromatic heterocycles. The van der Waals surface area contributed by atoms with Gasteiger partial charge < -0.3 is 9.84 Å². The molecule has 10 heteroatoms. The van der Waals surface area contributed by atoms with E-state index >= 15 is 0 Å². The zero-order valence-corrected chi connectivity index (χ0v) is 16.1. The Morgan fingerprint density at radius 2 is 2.07 bits per heavy atom. The van der Waals surface area contributed by atoms with E-state index in [9.17, 15) is 31.1 Å². The standard InChI is InChI=1S/C20H15F4NO4S/c1-2-3-17(22)30(27,28)16-5-4-15(14-9-20(23,24)19(26)18(14)16)29-13-7-11(10-25)6-12(21)8-13/h2,4-8,17,19,26H,1,3,9H2. The molecule has 3 rings (SSSR count). The third kappa shape index (κ3) is 3.78. The molecule has 0 fully saturated rings. The molecule has 0 saturated carbocycles. The van der Waals surface area contributed by atoms with Crippen LogP contribution in [0.1, 0.15) is 29.2 Å². The molecule has 1 aliphatic rings. The van der Waals surface area contributed by atoms with Crippen LogP contribution in [0, 0.1) is 17.1 Å². The Morgan fingerprint density at radius 3 is 2.70 bits per heavy atom. The van der Waals surface area contributed by atoms with Crippen molar-refractivity contribution in [2.75, 3.05) is 0 Å². The van der Waals surface area contributed by atoms with E-state index in [0.717, 1.165) is 36.4 Å². The lowest BCUT2D eigenvalue weighted by Gasteiger charge is -2.18. The second-order valence-corrected chi connectivity index (χ2v) is 8.70. The zero-order valence-electron chi connectivity index (χ0n) is 15.3. The Bertz CT molecular complexity index is 1160. The van der Waals surface area contributed by atoms with Crippen LogP contribution in [0.4, 0.5) is 17.6 Å². The molecule has 1 aliphatic carbocycles. The van der Waals surface area contributed by atoms with Gasteiger partial charge in [-0.2, -0.15) is 5.26 Å². The lowest BCUT2D eigenvalue weighted by molar-refractivity contribution is -0.0976. The van der Waals surface area contributed by atoms with Gasteiger partial charge in [0.25, 0.3) is 5.92 Å². The first-order chi connectivity index (χ1) is 14.0. The Labute approximate surface area is 169 Å². The lowest BCUT2D eigenvalue weighted by atomic mass is 10.1. The van der Waals surface area contributed by atoms with Gasteiger partial charge in [0.1, 0.15) is 23.4 Å². The van der Waals surface area contributed by atoms with Crippen LogP contribution >= 0.6 is 0 Å². The van der Waals surface area contributed by atoms with Gasteiger partial charge in [0.2, 0.25) is 15.3 Å². The first-order valence-corrected chi connectivity index (χ1v) is 10.1. The van der Waals surface area contributed by atoms with Crippen molar-refractivity contribution in [2.45, 2.75) is 35.3 Å². The number of fused-ring (bicyclic) bond motifs is 1. The fourth-order valence-electron chi connectivity index (χ4n) is 3.20. The molecule has 158 valence electrons. The number of benzene rings is 2. The van der Waals surface area contributed by atoms with Crippen LogP contribution in [0.2, 0.25) is 0 Å². The maximum atomic E-state index is 14.2. The number of nitrogens with zero attached hydrogens (tertiary/aromatic N) is 1. The summed E-state index contributed by atoms with van der Waals surface area (Å²) in [4.78, 5) is -0.777. The topological polar surface area (TPSA) is 87.4 Å². The van der Waals surface area contributed by atoms with E-state index in [-0.39, 0.29) is 22.6 Å². The number of hydrogen-bond donors (Lipinski definition) is 1. The third-order valence-corrected chi connectivity index (χ3v) is 6.42. The number of rotatable bonds is 6. The molecule has 0 spiro atoms. The number of alkyl halides is 3. The van der Waals surface area contributed by atoms with Crippen LogP contribution in [0.15, 0.2) is 47.9 Å². The number of allylic oxidation sites excluding steroid dienone is 1. The van der Waals surface area contributed by atoms with E-state index in [1.807, 2.05) is 0 Å². The van der Waals surface area contributed by atoms with E-state index in [1.54, 1.807) is 6.07 Å². The van der Waals surface area contributed by atoms with Gasteiger partial charge in [-0.15, -0.1) is 6.58 Å². The normalized spacial score (nSPS) is 18.3. The first kappa shape index (κ1) is 21.8. The SMILES string of the molecule is C=CCC(F)S(=O)(=O)c1ccc(Oc2cc(F)cc(C#N)c2)c2c1C(O)C(F)(F)C2. The number of nitriles is 1. The molecule has 2 unspecified atom stereocenters. The molecular weight excluding hydrogens is 426 g/mol. The van der Waals surface area contributed by atoms with Gasteiger partial charge >= 0.3 is 0 Å². The second-order valence-electron chi connectivity index (χ2n) is 6.66. The predicted molar refractivity (Wildman–Crippen MR) is 98.1 cm³/mol. The summed E-state index contributed by atoms with van der Waals surface area (Å²) < 4.78 is 86.8. The number of halogens is 4. The minimum absolute atomic E-state index is 0.0871. The van der Waals surface area contributed by atoms with Gasteiger partial charge in [-0.1, -0.05) is 6.08 Å². The molecule has 0 saturated heterocycles. The van der Waals surface area contributed by atoms with Crippen LogP contribution in [0.25, 0.3) is 0 Å². The average molecular weight is 441 g/mol. The summed E-state index contributed by atoms with van der Waals surface area (Å²) in [5, 5.41) is 19.0. The van der Waals surface area contributed by atoms with Gasteiger partial charge in [0.15, 0.2) is 0 Å². The Balaban J connectivity index is 2.15. The van der Waals surface area contributed by atoms with Crippen LogP contribution in [0.3, 0.4) is 0 Å². The van der Waals surface area contributed by atoms with E-state index in [4.69, 9.17) is 10.00 Å². The molecular formula is C20H15F4NO4S. The van der Waals surface area contributed by atoms with Crippen molar-refractivity contribution in [3.05, 3.63) is 65.5 Å². The molecule has 2 aromatic carbocycles. The second kappa shape index (κ2) is 7.74. The van der Waals surface area contributed by atoms with E-state index < -0.39 is 56.5 Å². The van der Waals surface area contributed by atoms with Crippen molar-refractivity contribution in [1.29, 1.82) is 5.26 Å². The smallest absolute Gasteiger partial charge is 0.281 e. The Kier molecular flexibility index (Phi) is 5.62. The maximum Gasteiger partial charge on any atom is 0.281 e. The number of sulfone groups is 1. The summed E-state index contributed by atoms with van der Waals surface area (Å²) in [6.45, 7) is 3.25. The molecule has 0 amide bonds. The monoisotopic (exact) mass is 441 g/mol. The van der Waals surface area contributed by atoms with Crippen LogP contribution in [-0.4, -0.2) is 25.0 Å². The number of aliphatic hydroxyl groups is 1. The minimum atomic E-state index is -4.71. The maximum absolute atomic E-state index is 14.2. The lowest BCUT2D eigenvalue weighted by Crippen LogP contribution is -2.23. The highest BCUT2D eigenvalue weighted by atomic mass is 32.2. The van der Waals surface area contributed by atoms with Gasteiger partial charge in [-0.25, -0.2) is 26.0 Å². The summed E-state index contributed by atoms with van der Waals surface area (Å²) in [6, 6.07) is 6.59. The molecule has 1 N–H and O–H groups in total. The van der Waals surface area contributed by atoms with Crippen LogP contribution < -0.4 is 4.74 Å². The first-order valence-electron chi connectivity index (χ1n) is 8.60. The van der Waals surface area contributed by atoms with Crippen LogP contribution in [0.5, 0.6) is 11.5 Å². The number of ether oxygens (including phenoxy) is 1. The number of hydrogen-bond acceptors (Lipinski definition) is 5. The Hall–Kier alpha value is -2.90. The highest BCUT2D eigenvalue weighted by Crippen LogP contribution is 2.50. The molecule has 2 atom stereocenters. The van der Waals surface area contributed by atoms with Crippen molar-refractivity contribution >= 4 is 9.84 Å². The van der Waals surface area contributed by atoms with Gasteiger partial charge in [-0.05, 0) is 24.3 Å². The molecule has 0 aliphatic heterocycles. The fraction of sp³-hybridized carbons (Fsp3) is 0.250. The van der Waals surface area contributed by atoms with E-state index in [0.29, 0.717) is 0 Å². The van der Waals surface area contributed by atoms with Crippen molar-refractivity contribution in [1.82, 2.24) is 0 Å². The quantitative estimate of drug-likeness (QED) is 0.532. The molecule has 2 aromatic rings. The summed E-state index contributed by atoms with van der Waals surface area (Å²) in [6.07, 6.45) is -3.11. The van der Waals surface area contributed by atoms with E-state index in [1.165, 1.54) is 0 Å². The molecule has 0 heterocycles. The van der Waals surface area contributed by atoms with Crippen LogP contribution in [-0.2, 0) is 16.3 Å². The molecule has 0 radical (unpaired) electrons. The van der Waals surface area contributed by atoms with E-state index in [2.05, 4.69) is 6.58 Å². The van der Waals surface area contributed by atoms with Crippen molar-refractivity contribution in [3.8, 4) is 17.6 Å². The van der Waals surface area contributed by atoms with Gasteiger partial charge in [0, 0.05) is 30.0 Å². The van der Waals surface area contributed by atoms with Crippen molar-refractivity contribution in [3.63, 3.8) is 0 Å². The summed E-state index contributed by atoms with van der Waals surface area (Å²) in [7, 11) is -4.71. The predicted octanol–water partition coefficient (Wildman–Crippen LogP) is 4.36. The highest BCUT2D eigenvalue weighted by molar-refractivity contribution is 7.92. The Morgan fingerprint density at radius 1 is 1.37 bits per heavy atom. The molecule has 0 bridgehead atoms. The minimum Gasteiger partial charge on any atom is -0.457 e. The summed E-state index contributed by atoms with van der Waals surface area (Å²) >= 11 is 0. The van der Waals surface area contributed by atoms with Gasteiger partial charge in [0.05, 0.1) is 16.5 Å². The van der Waals surface area contributed by atoms with Crippen molar-refractivity contribution < 1.29 is 35.8 Å².